The SMILES string of the molecule is CBc1cc(NC)c(NO)cc1F. The minimum absolute atomic E-state index is 0.307. The molecule has 3 nitrogen and oxygen atoms in total. The monoisotopic (exact) mass is 182 g/mol. The second-order valence-corrected chi connectivity index (χ2v) is 2.70. The van der Waals surface area contributed by atoms with E-state index < -0.39 is 0 Å². The molecule has 0 aliphatic heterocycles. The van der Waals surface area contributed by atoms with Crippen LogP contribution in [0.3, 0.4) is 0 Å². The largest absolute Gasteiger partial charge is 0.386 e. The molecule has 1 rings (SSSR count). The van der Waals surface area contributed by atoms with Gasteiger partial charge in [0.2, 0.25) is 0 Å². The third-order valence-electron chi connectivity index (χ3n) is 1.96. The first kappa shape index (κ1) is 9.86. The van der Waals surface area contributed by atoms with Crippen LogP contribution >= 0.6 is 0 Å². The van der Waals surface area contributed by atoms with Crippen molar-refractivity contribution in [2.75, 3.05) is 17.8 Å². The lowest BCUT2D eigenvalue weighted by Crippen LogP contribution is -2.17. The molecule has 0 aromatic heterocycles. The van der Waals surface area contributed by atoms with Gasteiger partial charge in [0.25, 0.3) is 0 Å². The van der Waals surface area contributed by atoms with Gasteiger partial charge in [-0.25, -0.2) is 4.39 Å². The molecule has 0 saturated heterocycles. The topological polar surface area (TPSA) is 44.3 Å². The fraction of sp³-hybridized carbons (Fsp3) is 0.250. The highest BCUT2D eigenvalue weighted by atomic mass is 19.1. The lowest BCUT2D eigenvalue weighted by molar-refractivity contribution is 0.389. The highest BCUT2D eigenvalue weighted by Crippen LogP contribution is 2.19. The molecule has 0 aliphatic rings. The van der Waals surface area contributed by atoms with Gasteiger partial charge in [0, 0.05) is 13.1 Å². The van der Waals surface area contributed by atoms with Crippen LogP contribution in [0.5, 0.6) is 0 Å². The zero-order valence-corrected chi connectivity index (χ0v) is 7.69. The van der Waals surface area contributed by atoms with Crippen LogP contribution < -0.4 is 16.3 Å². The van der Waals surface area contributed by atoms with E-state index in [1.807, 2.05) is 12.3 Å². The molecule has 0 bridgehead atoms. The fourth-order valence-corrected chi connectivity index (χ4v) is 1.19. The molecule has 13 heavy (non-hydrogen) atoms. The summed E-state index contributed by atoms with van der Waals surface area (Å²) in [6.07, 6.45) is 0. The van der Waals surface area contributed by atoms with Gasteiger partial charge in [-0.1, -0.05) is 6.82 Å². The Morgan fingerprint density at radius 2 is 2.08 bits per heavy atom. The molecule has 0 spiro atoms. The van der Waals surface area contributed by atoms with E-state index in [-0.39, 0.29) is 5.82 Å². The summed E-state index contributed by atoms with van der Waals surface area (Å²) in [7, 11) is 2.35. The second kappa shape index (κ2) is 4.14. The predicted molar refractivity (Wildman–Crippen MR) is 54.0 cm³/mol. The Morgan fingerprint density at radius 3 is 2.54 bits per heavy atom. The Balaban J connectivity index is 3.18. The molecule has 0 unspecified atom stereocenters. The summed E-state index contributed by atoms with van der Waals surface area (Å²) in [6, 6.07) is 2.94. The van der Waals surface area contributed by atoms with E-state index in [4.69, 9.17) is 5.21 Å². The number of halogens is 1. The first-order chi connectivity index (χ1) is 6.22. The molecule has 3 N–H and O–H groups in total. The molecule has 0 atom stereocenters. The highest BCUT2D eigenvalue weighted by molar-refractivity contribution is 6.52. The summed E-state index contributed by atoms with van der Waals surface area (Å²) in [5, 5.41) is 11.5. The van der Waals surface area contributed by atoms with Crippen molar-refractivity contribution in [2.45, 2.75) is 6.82 Å². The molecule has 0 saturated carbocycles. The third kappa shape index (κ3) is 1.92. The summed E-state index contributed by atoms with van der Waals surface area (Å²) in [5.74, 6) is -0.307. The van der Waals surface area contributed by atoms with E-state index in [0.29, 0.717) is 24.1 Å². The minimum Gasteiger partial charge on any atom is -0.386 e. The van der Waals surface area contributed by atoms with E-state index in [9.17, 15) is 4.39 Å². The summed E-state index contributed by atoms with van der Waals surface area (Å²) >= 11 is 0. The van der Waals surface area contributed by atoms with Gasteiger partial charge < -0.3 is 5.32 Å². The van der Waals surface area contributed by atoms with Crippen molar-refractivity contribution >= 4 is 24.1 Å². The van der Waals surface area contributed by atoms with Crippen LogP contribution in [0.15, 0.2) is 12.1 Å². The molecule has 0 radical (unpaired) electrons. The maximum Gasteiger partial charge on any atom is 0.158 e. The third-order valence-corrected chi connectivity index (χ3v) is 1.96. The van der Waals surface area contributed by atoms with E-state index in [1.165, 1.54) is 6.07 Å². The van der Waals surface area contributed by atoms with Crippen LogP contribution in [0.25, 0.3) is 0 Å². The maximum atomic E-state index is 13.2. The fourth-order valence-electron chi connectivity index (χ4n) is 1.19. The van der Waals surface area contributed by atoms with Crippen molar-refractivity contribution in [2.24, 2.45) is 0 Å². The summed E-state index contributed by atoms with van der Waals surface area (Å²) in [4.78, 5) is 0. The van der Waals surface area contributed by atoms with E-state index in [2.05, 4.69) is 5.32 Å². The molecule has 0 heterocycles. The van der Waals surface area contributed by atoms with Gasteiger partial charge in [-0.3, -0.25) is 10.7 Å². The average molecular weight is 182 g/mol. The van der Waals surface area contributed by atoms with Gasteiger partial charge in [0.15, 0.2) is 7.28 Å². The number of benzene rings is 1. The number of rotatable bonds is 3. The summed E-state index contributed by atoms with van der Waals surface area (Å²) < 4.78 is 13.2. The Hall–Kier alpha value is -1.23. The number of nitrogens with one attached hydrogen (secondary N) is 2. The predicted octanol–water partition coefficient (Wildman–Crippen LogP) is 0.778. The summed E-state index contributed by atoms with van der Waals surface area (Å²) in [5.41, 5.74) is 3.59. The zero-order chi connectivity index (χ0) is 9.84. The van der Waals surface area contributed by atoms with Crippen LogP contribution in [0.1, 0.15) is 0 Å². The van der Waals surface area contributed by atoms with Crippen LogP contribution in [0.2, 0.25) is 6.82 Å². The van der Waals surface area contributed by atoms with Crippen molar-refractivity contribution in [1.82, 2.24) is 0 Å². The molecular weight excluding hydrogens is 170 g/mol. The van der Waals surface area contributed by atoms with E-state index in [1.54, 1.807) is 13.1 Å². The number of hydrogen-bond donors (Lipinski definition) is 3. The van der Waals surface area contributed by atoms with Crippen molar-refractivity contribution in [3.05, 3.63) is 17.9 Å². The smallest absolute Gasteiger partial charge is 0.158 e. The summed E-state index contributed by atoms with van der Waals surface area (Å²) in [6.45, 7) is 1.88. The molecule has 0 fully saturated rings. The lowest BCUT2D eigenvalue weighted by Gasteiger charge is -2.10. The Morgan fingerprint density at radius 1 is 1.38 bits per heavy atom. The highest BCUT2D eigenvalue weighted by Gasteiger charge is 2.07. The minimum atomic E-state index is -0.307. The van der Waals surface area contributed by atoms with Gasteiger partial charge >= 0.3 is 0 Å². The van der Waals surface area contributed by atoms with Crippen LogP contribution in [0, 0.1) is 5.82 Å². The van der Waals surface area contributed by atoms with Crippen molar-refractivity contribution < 1.29 is 9.60 Å². The molecule has 0 amide bonds. The van der Waals surface area contributed by atoms with Gasteiger partial charge in [-0.2, -0.15) is 0 Å². The molecule has 5 heteroatoms. The Kier molecular flexibility index (Phi) is 3.14. The van der Waals surface area contributed by atoms with Crippen molar-refractivity contribution in [3.8, 4) is 0 Å². The Bertz CT molecular complexity index is 306. The van der Waals surface area contributed by atoms with Crippen LogP contribution in [-0.4, -0.2) is 19.5 Å². The molecule has 1 aromatic rings. The first-order valence-electron chi connectivity index (χ1n) is 4.13. The van der Waals surface area contributed by atoms with Crippen LogP contribution in [0.4, 0.5) is 15.8 Å². The maximum absolute atomic E-state index is 13.2. The van der Waals surface area contributed by atoms with Gasteiger partial charge in [0.05, 0.1) is 11.4 Å². The molecule has 0 aliphatic carbocycles. The van der Waals surface area contributed by atoms with Crippen molar-refractivity contribution in [3.63, 3.8) is 0 Å². The quantitative estimate of drug-likeness (QED) is 0.478. The standard InChI is InChI=1S/C8H12BFN2O/c1-9-5-3-7(11-2)8(12-13)4-6(5)10/h3-4,9,11-13H,1-2H3. The van der Waals surface area contributed by atoms with Crippen LogP contribution in [-0.2, 0) is 0 Å². The van der Waals surface area contributed by atoms with Gasteiger partial charge in [-0.05, 0) is 11.5 Å². The normalized spacial score (nSPS) is 9.54. The first-order valence-corrected chi connectivity index (χ1v) is 4.13. The average Bonchev–Trinajstić information content (AvgIpc) is 2.17. The van der Waals surface area contributed by atoms with Crippen molar-refractivity contribution in [1.29, 1.82) is 0 Å². The number of hydrogen-bond acceptors (Lipinski definition) is 3. The zero-order valence-electron chi connectivity index (χ0n) is 7.69. The molecular formula is C8H12BFN2O. The van der Waals surface area contributed by atoms with E-state index >= 15 is 0 Å². The van der Waals surface area contributed by atoms with Gasteiger partial charge in [-0.15, -0.1) is 0 Å². The van der Waals surface area contributed by atoms with E-state index in [0.717, 1.165) is 0 Å². The molecule has 70 valence electrons. The Labute approximate surface area is 77.2 Å². The van der Waals surface area contributed by atoms with Gasteiger partial charge in [0.1, 0.15) is 5.82 Å². The second-order valence-electron chi connectivity index (χ2n) is 2.70. The lowest BCUT2D eigenvalue weighted by atomic mass is 9.73. The number of anilines is 2. The molecule has 1 aromatic carbocycles.